The highest BCUT2D eigenvalue weighted by molar-refractivity contribution is 6.42. The molecule has 2 aromatic rings. The van der Waals surface area contributed by atoms with E-state index in [4.69, 9.17) is 23.2 Å². The molecule has 0 fully saturated rings. The Morgan fingerprint density at radius 1 is 1.13 bits per heavy atom. The first kappa shape index (κ1) is 17.6. The van der Waals surface area contributed by atoms with Crippen molar-refractivity contribution in [3.8, 4) is 0 Å². The van der Waals surface area contributed by atoms with Crippen LogP contribution in [0.4, 0.5) is 11.6 Å². The highest BCUT2D eigenvalue weighted by atomic mass is 35.5. The number of nitrogens with one attached hydrogen (secondary N) is 2. The fraction of sp³-hybridized carbons (Fsp3) is 0.375. The van der Waals surface area contributed by atoms with Gasteiger partial charge >= 0.3 is 0 Å². The summed E-state index contributed by atoms with van der Waals surface area (Å²) < 4.78 is 2.03. The number of nitrogens with zero attached hydrogens (tertiary/aromatic N) is 3. The van der Waals surface area contributed by atoms with Gasteiger partial charge in [-0.2, -0.15) is 0 Å². The predicted octanol–water partition coefficient (Wildman–Crippen LogP) is 5.06. The van der Waals surface area contributed by atoms with Crippen LogP contribution < -0.4 is 10.6 Å². The Bertz CT molecular complexity index is 692. The van der Waals surface area contributed by atoms with E-state index < -0.39 is 0 Å². The van der Waals surface area contributed by atoms with Gasteiger partial charge in [0.05, 0.1) is 10.0 Å². The minimum atomic E-state index is 0.121. The van der Waals surface area contributed by atoms with Gasteiger partial charge in [-0.05, 0) is 45.9 Å². The first-order valence-corrected chi connectivity index (χ1v) is 8.22. The number of anilines is 2. The average molecular weight is 354 g/mol. The van der Waals surface area contributed by atoms with E-state index in [1.807, 2.05) is 30.7 Å². The summed E-state index contributed by atoms with van der Waals surface area (Å²) in [5.74, 6) is 1.33. The highest BCUT2D eigenvalue weighted by Crippen LogP contribution is 2.25. The van der Waals surface area contributed by atoms with E-state index in [0.29, 0.717) is 22.0 Å². The third-order valence-corrected chi connectivity index (χ3v) is 3.76. The molecule has 7 heteroatoms. The Morgan fingerprint density at radius 2 is 1.87 bits per heavy atom. The standard InChI is InChI=1S/C16H21Cl2N5/c1-10(2)20-15(21-12-5-6-13(17)14(18)9-12)22-16-19-7-8-23(16)11(3)4/h5-11H,1-4H3,(H2,19,20,21,22). The zero-order chi connectivity index (χ0) is 17.0. The number of aliphatic imine (C=N–C) groups is 1. The smallest absolute Gasteiger partial charge is 0.209 e. The molecular formula is C16H21Cl2N5. The second kappa shape index (κ2) is 7.70. The molecule has 2 N–H and O–H groups in total. The Labute approximate surface area is 146 Å². The van der Waals surface area contributed by atoms with Crippen molar-refractivity contribution in [2.75, 3.05) is 10.6 Å². The molecule has 2 rings (SSSR count). The molecule has 0 aliphatic carbocycles. The van der Waals surface area contributed by atoms with Gasteiger partial charge in [-0.1, -0.05) is 23.2 Å². The monoisotopic (exact) mass is 353 g/mol. The quantitative estimate of drug-likeness (QED) is 0.596. The van der Waals surface area contributed by atoms with Crippen molar-refractivity contribution in [3.05, 3.63) is 40.6 Å². The van der Waals surface area contributed by atoms with E-state index >= 15 is 0 Å². The van der Waals surface area contributed by atoms with Crippen LogP contribution in [0, 0.1) is 0 Å². The van der Waals surface area contributed by atoms with Gasteiger partial charge in [0.2, 0.25) is 11.9 Å². The second-order valence-corrected chi connectivity index (χ2v) is 6.52. The van der Waals surface area contributed by atoms with E-state index in [1.54, 1.807) is 18.3 Å². The summed E-state index contributed by atoms with van der Waals surface area (Å²) in [6.07, 6.45) is 3.69. The van der Waals surface area contributed by atoms with Crippen LogP contribution in [0.15, 0.2) is 35.6 Å². The molecule has 0 bridgehead atoms. The van der Waals surface area contributed by atoms with E-state index in [9.17, 15) is 0 Å². The van der Waals surface area contributed by atoms with Crippen LogP contribution in [0.2, 0.25) is 10.0 Å². The molecule has 23 heavy (non-hydrogen) atoms. The molecule has 5 nitrogen and oxygen atoms in total. The second-order valence-electron chi connectivity index (χ2n) is 5.70. The molecule has 0 saturated heterocycles. The van der Waals surface area contributed by atoms with Gasteiger partial charge in [0.15, 0.2) is 0 Å². The van der Waals surface area contributed by atoms with Crippen molar-refractivity contribution in [3.63, 3.8) is 0 Å². The van der Waals surface area contributed by atoms with Crippen LogP contribution in [0.1, 0.15) is 33.7 Å². The SMILES string of the molecule is CC(C)N=C(Nc1ccc(Cl)c(Cl)c1)Nc1nccn1C(C)C. The topological polar surface area (TPSA) is 54.2 Å². The average Bonchev–Trinajstić information content (AvgIpc) is 2.90. The molecule has 1 aromatic heterocycles. The summed E-state index contributed by atoms with van der Waals surface area (Å²) >= 11 is 12.0. The zero-order valence-corrected chi connectivity index (χ0v) is 15.2. The fourth-order valence-electron chi connectivity index (χ4n) is 2.00. The first-order valence-electron chi connectivity index (χ1n) is 7.46. The van der Waals surface area contributed by atoms with E-state index in [-0.39, 0.29) is 6.04 Å². The zero-order valence-electron chi connectivity index (χ0n) is 13.6. The molecule has 0 radical (unpaired) electrons. The minimum absolute atomic E-state index is 0.121. The molecule has 124 valence electrons. The lowest BCUT2D eigenvalue weighted by Gasteiger charge is -2.16. The van der Waals surface area contributed by atoms with Crippen molar-refractivity contribution in [2.24, 2.45) is 4.99 Å². The number of rotatable bonds is 4. The van der Waals surface area contributed by atoms with E-state index in [1.165, 1.54) is 0 Å². The lowest BCUT2D eigenvalue weighted by atomic mass is 10.3. The van der Waals surface area contributed by atoms with Crippen LogP contribution in [0.5, 0.6) is 0 Å². The van der Waals surface area contributed by atoms with Gasteiger partial charge in [-0.15, -0.1) is 0 Å². The van der Waals surface area contributed by atoms with Gasteiger partial charge in [-0.25, -0.2) is 9.98 Å². The number of aromatic nitrogens is 2. The Kier molecular flexibility index (Phi) is 5.91. The molecule has 0 saturated carbocycles. The van der Waals surface area contributed by atoms with Crippen molar-refractivity contribution >= 4 is 40.8 Å². The van der Waals surface area contributed by atoms with Crippen LogP contribution in [-0.2, 0) is 0 Å². The summed E-state index contributed by atoms with van der Waals surface area (Å²) in [5.41, 5.74) is 0.800. The molecule has 1 aromatic carbocycles. The summed E-state index contributed by atoms with van der Waals surface area (Å²) in [5, 5.41) is 7.47. The maximum atomic E-state index is 6.06. The van der Waals surface area contributed by atoms with Crippen LogP contribution in [-0.4, -0.2) is 21.6 Å². The van der Waals surface area contributed by atoms with Crippen LogP contribution in [0.25, 0.3) is 0 Å². The first-order chi connectivity index (χ1) is 10.9. The van der Waals surface area contributed by atoms with Gasteiger partial charge in [0.25, 0.3) is 0 Å². The Balaban J connectivity index is 2.24. The van der Waals surface area contributed by atoms with Gasteiger partial charge in [0.1, 0.15) is 0 Å². The number of hydrogen-bond donors (Lipinski definition) is 2. The van der Waals surface area contributed by atoms with Crippen molar-refractivity contribution in [1.29, 1.82) is 0 Å². The molecule has 0 spiro atoms. The molecule has 0 aliphatic rings. The number of halogens is 2. The third-order valence-electron chi connectivity index (χ3n) is 3.02. The lowest BCUT2D eigenvalue weighted by Crippen LogP contribution is -2.25. The summed E-state index contributed by atoms with van der Waals surface area (Å²) in [4.78, 5) is 8.91. The number of guanidine groups is 1. The largest absolute Gasteiger partial charge is 0.326 e. The number of hydrogen-bond acceptors (Lipinski definition) is 2. The van der Waals surface area contributed by atoms with E-state index in [2.05, 4.69) is 34.5 Å². The predicted molar refractivity (Wildman–Crippen MR) is 98.9 cm³/mol. The fourth-order valence-corrected chi connectivity index (χ4v) is 2.30. The molecular weight excluding hydrogens is 333 g/mol. The maximum Gasteiger partial charge on any atom is 0.209 e. The van der Waals surface area contributed by atoms with Gasteiger partial charge in [-0.3, -0.25) is 5.32 Å². The van der Waals surface area contributed by atoms with Crippen LogP contribution in [0.3, 0.4) is 0 Å². The third kappa shape index (κ3) is 4.88. The number of benzene rings is 1. The van der Waals surface area contributed by atoms with Gasteiger partial charge < -0.3 is 9.88 Å². The maximum absolute atomic E-state index is 6.06. The summed E-state index contributed by atoms with van der Waals surface area (Å²) in [7, 11) is 0. The highest BCUT2D eigenvalue weighted by Gasteiger charge is 2.10. The lowest BCUT2D eigenvalue weighted by molar-refractivity contribution is 0.608. The number of imidazole rings is 1. The Hall–Kier alpha value is -1.72. The van der Waals surface area contributed by atoms with Crippen molar-refractivity contribution < 1.29 is 0 Å². The normalized spacial score (nSPS) is 12.1. The molecule has 0 atom stereocenters. The van der Waals surface area contributed by atoms with Crippen LogP contribution >= 0.6 is 23.2 Å². The minimum Gasteiger partial charge on any atom is -0.326 e. The van der Waals surface area contributed by atoms with Crippen molar-refractivity contribution in [2.45, 2.75) is 39.8 Å². The molecule has 1 heterocycles. The van der Waals surface area contributed by atoms with Crippen molar-refractivity contribution in [1.82, 2.24) is 9.55 Å². The summed E-state index contributed by atoms with van der Waals surface area (Å²) in [6.45, 7) is 8.21. The van der Waals surface area contributed by atoms with E-state index in [0.717, 1.165) is 11.6 Å². The molecule has 0 unspecified atom stereocenters. The summed E-state index contributed by atoms with van der Waals surface area (Å²) in [6, 6.07) is 5.77. The van der Waals surface area contributed by atoms with Gasteiger partial charge in [0, 0.05) is 30.2 Å². The molecule has 0 aliphatic heterocycles. The Morgan fingerprint density at radius 3 is 2.48 bits per heavy atom. The molecule has 0 amide bonds.